The molecule has 0 spiro atoms. The molecule has 1 unspecified atom stereocenters. The SMILES string of the molecule is CC(C)C(=O)C(c1ccccn1)C(C)C. The molecule has 2 nitrogen and oxygen atoms in total. The van der Waals surface area contributed by atoms with Crippen molar-refractivity contribution < 1.29 is 4.79 Å². The number of nitrogens with zero attached hydrogens (tertiary/aromatic N) is 1. The maximum Gasteiger partial charge on any atom is 0.144 e. The highest BCUT2D eigenvalue weighted by Gasteiger charge is 2.26. The zero-order chi connectivity index (χ0) is 11.4. The molecule has 0 aliphatic rings. The van der Waals surface area contributed by atoms with Gasteiger partial charge in [-0.1, -0.05) is 33.8 Å². The number of rotatable bonds is 4. The molecule has 1 heterocycles. The molecule has 0 saturated carbocycles. The lowest BCUT2D eigenvalue weighted by atomic mass is 9.83. The summed E-state index contributed by atoms with van der Waals surface area (Å²) in [5, 5.41) is 0. The van der Waals surface area contributed by atoms with Crippen LogP contribution >= 0.6 is 0 Å². The van der Waals surface area contributed by atoms with Crippen LogP contribution in [0.5, 0.6) is 0 Å². The molecule has 0 amide bonds. The van der Waals surface area contributed by atoms with Crippen molar-refractivity contribution in [1.82, 2.24) is 4.98 Å². The van der Waals surface area contributed by atoms with Crippen LogP contribution in [0.15, 0.2) is 24.4 Å². The Balaban J connectivity index is 2.99. The van der Waals surface area contributed by atoms with E-state index < -0.39 is 0 Å². The third-order valence-corrected chi connectivity index (χ3v) is 2.55. The van der Waals surface area contributed by atoms with Gasteiger partial charge in [-0.3, -0.25) is 9.78 Å². The van der Waals surface area contributed by atoms with Crippen molar-refractivity contribution in [2.75, 3.05) is 0 Å². The van der Waals surface area contributed by atoms with Crippen molar-refractivity contribution in [3.63, 3.8) is 0 Å². The van der Waals surface area contributed by atoms with E-state index in [0.717, 1.165) is 5.69 Å². The highest BCUT2D eigenvalue weighted by Crippen LogP contribution is 2.26. The molecule has 15 heavy (non-hydrogen) atoms. The van der Waals surface area contributed by atoms with Crippen LogP contribution < -0.4 is 0 Å². The third kappa shape index (κ3) is 2.88. The van der Waals surface area contributed by atoms with Gasteiger partial charge in [0, 0.05) is 12.1 Å². The normalized spacial score (nSPS) is 13.2. The van der Waals surface area contributed by atoms with Crippen LogP contribution in [-0.2, 0) is 4.79 Å². The van der Waals surface area contributed by atoms with E-state index in [1.807, 2.05) is 32.0 Å². The maximum absolute atomic E-state index is 12.0. The Morgan fingerprint density at radius 2 is 1.87 bits per heavy atom. The van der Waals surface area contributed by atoms with Crippen molar-refractivity contribution in [3.05, 3.63) is 30.1 Å². The number of pyridine rings is 1. The molecule has 0 radical (unpaired) electrons. The van der Waals surface area contributed by atoms with Gasteiger partial charge in [0.05, 0.1) is 11.6 Å². The first-order valence-corrected chi connectivity index (χ1v) is 5.48. The number of Topliss-reactive ketones (excluding diaryl/α,β-unsaturated/α-hetero) is 1. The van der Waals surface area contributed by atoms with Gasteiger partial charge in [-0.15, -0.1) is 0 Å². The predicted molar refractivity (Wildman–Crippen MR) is 61.7 cm³/mol. The number of hydrogen-bond donors (Lipinski definition) is 0. The number of ketones is 1. The lowest BCUT2D eigenvalue weighted by Gasteiger charge is -2.20. The second-order valence-electron chi connectivity index (χ2n) is 4.53. The number of hydrogen-bond acceptors (Lipinski definition) is 2. The predicted octanol–water partition coefficient (Wildman–Crippen LogP) is 3.05. The third-order valence-electron chi connectivity index (χ3n) is 2.55. The van der Waals surface area contributed by atoms with Gasteiger partial charge in [0.15, 0.2) is 0 Å². The first-order chi connectivity index (χ1) is 7.04. The molecule has 0 fully saturated rings. The molecule has 1 aromatic rings. The Bertz CT molecular complexity index is 317. The Hall–Kier alpha value is -1.18. The Morgan fingerprint density at radius 1 is 1.20 bits per heavy atom. The number of aromatic nitrogens is 1. The molecule has 2 heteroatoms. The van der Waals surface area contributed by atoms with Crippen molar-refractivity contribution in [1.29, 1.82) is 0 Å². The van der Waals surface area contributed by atoms with Gasteiger partial charge in [-0.05, 0) is 18.1 Å². The summed E-state index contributed by atoms with van der Waals surface area (Å²) in [6.07, 6.45) is 1.75. The summed E-state index contributed by atoms with van der Waals surface area (Å²) in [4.78, 5) is 16.3. The van der Waals surface area contributed by atoms with Gasteiger partial charge < -0.3 is 0 Å². The van der Waals surface area contributed by atoms with Crippen molar-refractivity contribution >= 4 is 5.78 Å². The fourth-order valence-corrected chi connectivity index (χ4v) is 1.73. The highest BCUT2D eigenvalue weighted by molar-refractivity contribution is 5.87. The maximum atomic E-state index is 12.0. The fourth-order valence-electron chi connectivity index (χ4n) is 1.73. The van der Waals surface area contributed by atoms with Gasteiger partial charge in [0.1, 0.15) is 5.78 Å². The van der Waals surface area contributed by atoms with Crippen LogP contribution in [0.1, 0.15) is 39.3 Å². The zero-order valence-corrected chi connectivity index (χ0v) is 9.90. The van der Waals surface area contributed by atoms with Gasteiger partial charge in [-0.2, -0.15) is 0 Å². The van der Waals surface area contributed by atoms with Crippen molar-refractivity contribution in [2.45, 2.75) is 33.6 Å². The summed E-state index contributed by atoms with van der Waals surface area (Å²) in [6.45, 7) is 8.03. The van der Waals surface area contributed by atoms with Crippen LogP contribution in [0.2, 0.25) is 0 Å². The van der Waals surface area contributed by atoms with Gasteiger partial charge in [0.2, 0.25) is 0 Å². The molecule has 1 aromatic heterocycles. The average molecular weight is 205 g/mol. The summed E-state index contributed by atoms with van der Waals surface area (Å²) in [5.41, 5.74) is 0.895. The van der Waals surface area contributed by atoms with E-state index in [9.17, 15) is 4.79 Å². The second kappa shape index (κ2) is 5.06. The van der Waals surface area contributed by atoms with E-state index in [2.05, 4.69) is 18.8 Å². The Kier molecular flexibility index (Phi) is 4.01. The summed E-state index contributed by atoms with van der Waals surface area (Å²) >= 11 is 0. The van der Waals surface area contributed by atoms with Gasteiger partial charge in [0.25, 0.3) is 0 Å². The minimum absolute atomic E-state index is 0.0637. The largest absolute Gasteiger partial charge is 0.299 e. The Morgan fingerprint density at radius 3 is 2.27 bits per heavy atom. The van der Waals surface area contributed by atoms with Crippen LogP contribution in [0.3, 0.4) is 0 Å². The molecule has 1 rings (SSSR count). The van der Waals surface area contributed by atoms with E-state index in [-0.39, 0.29) is 17.6 Å². The first kappa shape index (κ1) is 11.9. The van der Waals surface area contributed by atoms with E-state index in [1.165, 1.54) is 0 Å². The van der Waals surface area contributed by atoms with E-state index >= 15 is 0 Å². The molecule has 0 bridgehead atoms. The molecule has 82 valence electrons. The lowest BCUT2D eigenvalue weighted by molar-refractivity contribution is -0.124. The van der Waals surface area contributed by atoms with Crippen LogP contribution in [-0.4, -0.2) is 10.8 Å². The van der Waals surface area contributed by atoms with Gasteiger partial charge in [-0.25, -0.2) is 0 Å². The smallest absolute Gasteiger partial charge is 0.144 e. The number of carbonyl (C=O) groups is 1. The quantitative estimate of drug-likeness (QED) is 0.756. The summed E-state index contributed by atoms with van der Waals surface area (Å²) in [5.74, 6) is 0.587. The molecular weight excluding hydrogens is 186 g/mol. The highest BCUT2D eigenvalue weighted by atomic mass is 16.1. The molecule has 0 saturated heterocycles. The minimum atomic E-state index is -0.0637. The summed E-state index contributed by atoms with van der Waals surface area (Å²) in [7, 11) is 0. The fraction of sp³-hybridized carbons (Fsp3) is 0.538. The molecule has 0 aliphatic carbocycles. The van der Waals surface area contributed by atoms with E-state index in [1.54, 1.807) is 6.20 Å². The molecule has 0 aromatic carbocycles. The van der Waals surface area contributed by atoms with E-state index in [4.69, 9.17) is 0 Å². The average Bonchev–Trinajstić information content (AvgIpc) is 2.18. The van der Waals surface area contributed by atoms with Crippen LogP contribution in [0.4, 0.5) is 0 Å². The van der Waals surface area contributed by atoms with Crippen molar-refractivity contribution in [2.24, 2.45) is 11.8 Å². The first-order valence-electron chi connectivity index (χ1n) is 5.48. The second-order valence-corrected chi connectivity index (χ2v) is 4.53. The molecule has 1 atom stereocenters. The Labute approximate surface area is 91.7 Å². The summed E-state index contributed by atoms with van der Waals surface area (Å²) < 4.78 is 0. The van der Waals surface area contributed by atoms with Gasteiger partial charge >= 0.3 is 0 Å². The molecular formula is C13H19NO. The van der Waals surface area contributed by atoms with Crippen LogP contribution in [0.25, 0.3) is 0 Å². The molecule has 0 N–H and O–H groups in total. The van der Waals surface area contributed by atoms with Crippen molar-refractivity contribution in [3.8, 4) is 0 Å². The summed E-state index contributed by atoms with van der Waals surface area (Å²) in [6, 6.07) is 5.75. The minimum Gasteiger partial charge on any atom is -0.299 e. The molecule has 0 aliphatic heterocycles. The standard InChI is InChI=1S/C13H19NO/c1-9(2)12(13(15)10(3)4)11-7-5-6-8-14-11/h5-10,12H,1-4H3. The van der Waals surface area contributed by atoms with Crippen LogP contribution in [0, 0.1) is 11.8 Å². The number of carbonyl (C=O) groups excluding carboxylic acids is 1. The topological polar surface area (TPSA) is 30.0 Å². The zero-order valence-electron chi connectivity index (χ0n) is 9.90. The van der Waals surface area contributed by atoms with E-state index in [0.29, 0.717) is 5.92 Å². The monoisotopic (exact) mass is 205 g/mol. The lowest BCUT2D eigenvalue weighted by Crippen LogP contribution is -2.23.